The Labute approximate surface area is 238 Å². The molecule has 7 nitrogen and oxygen atoms in total. The molecule has 41 heavy (non-hydrogen) atoms. The number of terminal acetylenes is 1. The number of aryl methyl sites for hydroxylation is 2. The van der Waals surface area contributed by atoms with E-state index in [1.165, 1.54) is 4.90 Å². The summed E-state index contributed by atoms with van der Waals surface area (Å²) in [5, 5.41) is 1.05. The maximum atomic E-state index is 13.2. The van der Waals surface area contributed by atoms with Crippen LogP contribution in [0, 0.1) is 19.3 Å². The summed E-state index contributed by atoms with van der Waals surface area (Å²) in [5.41, 5.74) is 6.31. The van der Waals surface area contributed by atoms with Crippen molar-refractivity contribution in [2.24, 2.45) is 0 Å². The molecule has 2 aromatic heterocycles. The maximum Gasteiger partial charge on any atom is 0.261 e. The smallest absolute Gasteiger partial charge is 0.261 e. The van der Waals surface area contributed by atoms with Crippen LogP contribution in [-0.2, 0) is 19.5 Å². The lowest BCUT2D eigenvalue weighted by Gasteiger charge is -2.20. The number of aromatic nitrogens is 3. The Morgan fingerprint density at radius 2 is 1.68 bits per heavy atom. The molecule has 0 fully saturated rings. The van der Waals surface area contributed by atoms with Crippen LogP contribution in [0.2, 0.25) is 0 Å². The lowest BCUT2D eigenvalue weighted by Crippen LogP contribution is -2.29. The summed E-state index contributed by atoms with van der Waals surface area (Å²) in [7, 11) is 0. The molecule has 0 bridgehead atoms. The Bertz CT molecular complexity index is 1830. The van der Waals surface area contributed by atoms with Gasteiger partial charge >= 0.3 is 0 Å². The first-order chi connectivity index (χ1) is 20.0. The van der Waals surface area contributed by atoms with Gasteiger partial charge in [-0.05, 0) is 48.7 Å². The second-order valence-corrected chi connectivity index (χ2v) is 10.4. The number of amides is 2. The van der Waals surface area contributed by atoms with Crippen molar-refractivity contribution in [2.45, 2.75) is 46.2 Å². The van der Waals surface area contributed by atoms with Crippen molar-refractivity contribution in [3.63, 3.8) is 0 Å². The number of rotatable bonds is 9. The lowest BCUT2D eigenvalue weighted by molar-refractivity contribution is 0.0641. The maximum absolute atomic E-state index is 13.2. The third-order valence-electron chi connectivity index (χ3n) is 7.57. The molecular formula is C34H30N4O3. The highest BCUT2D eigenvalue weighted by Gasteiger charge is 2.35. The van der Waals surface area contributed by atoms with Gasteiger partial charge in [-0.15, -0.1) is 6.42 Å². The van der Waals surface area contributed by atoms with E-state index in [9.17, 15) is 9.59 Å². The van der Waals surface area contributed by atoms with Crippen LogP contribution in [-0.4, -0.2) is 37.9 Å². The molecule has 7 heteroatoms. The van der Waals surface area contributed by atoms with E-state index >= 15 is 0 Å². The predicted octanol–water partition coefficient (Wildman–Crippen LogP) is 6.09. The zero-order valence-electron chi connectivity index (χ0n) is 23.2. The van der Waals surface area contributed by atoms with Gasteiger partial charge in [-0.1, -0.05) is 55.7 Å². The molecule has 0 radical (unpaired) electrons. The molecule has 5 aromatic rings. The van der Waals surface area contributed by atoms with Crippen molar-refractivity contribution in [1.29, 1.82) is 0 Å². The Balaban J connectivity index is 1.44. The number of benzene rings is 3. The quantitative estimate of drug-likeness (QED) is 0.166. The number of unbranched alkanes of at least 4 members (excludes halogenated alkanes) is 1. The molecule has 6 rings (SSSR count). The van der Waals surface area contributed by atoms with Crippen molar-refractivity contribution in [1.82, 2.24) is 19.4 Å². The van der Waals surface area contributed by atoms with Crippen LogP contribution in [0.5, 0.6) is 5.75 Å². The minimum atomic E-state index is -0.307. The van der Waals surface area contributed by atoms with E-state index in [1.807, 2.05) is 37.4 Å². The van der Waals surface area contributed by atoms with Crippen molar-refractivity contribution < 1.29 is 14.3 Å². The average Bonchev–Trinajstić information content (AvgIpc) is 3.46. The fourth-order valence-corrected chi connectivity index (χ4v) is 5.70. The highest BCUT2D eigenvalue weighted by Crippen LogP contribution is 2.32. The molecule has 0 saturated heterocycles. The van der Waals surface area contributed by atoms with E-state index in [2.05, 4.69) is 34.5 Å². The van der Waals surface area contributed by atoms with Crippen LogP contribution in [0.1, 0.15) is 63.0 Å². The number of hydrogen-bond donors (Lipinski definition) is 0. The number of fused-ring (bicyclic) bond motifs is 4. The molecule has 0 atom stereocenters. The van der Waals surface area contributed by atoms with E-state index in [4.69, 9.17) is 16.1 Å². The molecule has 1 aliphatic rings. The molecule has 2 amide bonds. The van der Waals surface area contributed by atoms with Gasteiger partial charge in [-0.25, -0.2) is 4.98 Å². The summed E-state index contributed by atoms with van der Waals surface area (Å²) in [6.45, 7) is 4.87. The zero-order chi connectivity index (χ0) is 28.5. The number of carbonyl (C=O) groups is 2. The summed E-state index contributed by atoms with van der Waals surface area (Å²) in [4.78, 5) is 37.3. The van der Waals surface area contributed by atoms with Crippen molar-refractivity contribution >= 4 is 33.8 Å². The number of carbonyl (C=O) groups excluding carboxylic acids is 2. The second kappa shape index (κ2) is 10.9. The molecule has 0 saturated carbocycles. The highest BCUT2D eigenvalue weighted by atomic mass is 16.5. The fraction of sp³-hybridized carbons (Fsp3) is 0.235. The van der Waals surface area contributed by atoms with Crippen LogP contribution < -0.4 is 4.74 Å². The average molecular weight is 543 g/mol. The van der Waals surface area contributed by atoms with Crippen molar-refractivity contribution in [3.8, 4) is 18.1 Å². The normalized spacial score (nSPS) is 12.8. The van der Waals surface area contributed by atoms with Gasteiger partial charge in [-0.2, -0.15) is 0 Å². The first-order valence-electron chi connectivity index (χ1n) is 13.9. The number of imidazole rings is 1. The Hall–Kier alpha value is -4.96. The van der Waals surface area contributed by atoms with Crippen LogP contribution in [0.25, 0.3) is 21.9 Å². The zero-order valence-corrected chi connectivity index (χ0v) is 23.2. The number of para-hydroxylation sites is 1. The molecule has 0 unspecified atom stereocenters. The van der Waals surface area contributed by atoms with Gasteiger partial charge < -0.3 is 9.30 Å². The second-order valence-electron chi connectivity index (χ2n) is 10.4. The highest BCUT2D eigenvalue weighted by molar-refractivity contribution is 6.21. The van der Waals surface area contributed by atoms with Crippen LogP contribution in [0.3, 0.4) is 0 Å². The monoisotopic (exact) mass is 542 g/mol. The van der Waals surface area contributed by atoms with Gasteiger partial charge in [0.15, 0.2) is 0 Å². The van der Waals surface area contributed by atoms with E-state index in [-0.39, 0.29) is 25.0 Å². The number of pyridine rings is 1. The number of imide groups is 1. The third kappa shape index (κ3) is 4.72. The van der Waals surface area contributed by atoms with E-state index in [0.29, 0.717) is 23.4 Å². The lowest BCUT2D eigenvalue weighted by atomic mass is 10.0. The molecule has 1 aliphatic heterocycles. The fourth-order valence-electron chi connectivity index (χ4n) is 5.70. The summed E-state index contributed by atoms with van der Waals surface area (Å²) >= 11 is 0. The van der Waals surface area contributed by atoms with Gasteiger partial charge in [-0.3, -0.25) is 19.5 Å². The summed E-state index contributed by atoms with van der Waals surface area (Å²) in [5.74, 6) is 3.51. The van der Waals surface area contributed by atoms with Crippen LogP contribution in [0.15, 0.2) is 66.9 Å². The molecule has 0 aliphatic carbocycles. The topological polar surface area (TPSA) is 77.3 Å². The molecule has 204 valence electrons. The van der Waals surface area contributed by atoms with Gasteiger partial charge in [0, 0.05) is 23.9 Å². The largest absolute Gasteiger partial charge is 0.480 e. The SMILES string of the molecule is C#CCOc1c(C)cc(Cn2c(CCCC)nc3cnc4ccccc4c32)cc1CN1C(=O)c2ccccc2C1=O. The van der Waals surface area contributed by atoms with Gasteiger partial charge in [0.1, 0.15) is 23.7 Å². The Kier molecular flexibility index (Phi) is 6.98. The minimum absolute atomic E-state index is 0.0845. The standard InChI is InChI=1S/C34H30N4O3/c1-4-6-15-30-36-29-19-35-28-14-10-9-13-27(28)31(29)37(30)20-23-17-22(3)32(41-16-5-2)24(18-23)21-38-33(39)25-11-7-8-12-26(25)34(38)40/h2,7-14,17-19H,4,6,15-16,20-21H2,1,3H3. The number of ether oxygens (including phenoxy) is 1. The van der Waals surface area contributed by atoms with Crippen molar-refractivity contribution in [3.05, 3.63) is 101 Å². The molecule has 3 heterocycles. The molecular weight excluding hydrogens is 512 g/mol. The van der Waals surface area contributed by atoms with Gasteiger partial charge in [0.2, 0.25) is 0 Å². The third-order valence-corrected chi connectivity index (χ3v) is 7.57. The molecule has 0 spiro atoms. The number of nitrogens with zero attached hydrogens (tertiary/aromatic N) is 4. The summed E-state index contributed by atoms with van der Waals surface area (Å²) in [6, 6.07) is 19.1. The first kappa shape index (κ1) is 26.3. The molecule has 3 aromatic carbocycles. The van der Waals surface area contributed by atoms with E-state index < -0.39 is 0 Å². The van der Waals surface area contributed by atoms with Crippen LogP contribution >= 0.6 is 0 Å². The minimum Gasteiger partial charge on any atom is -0.480 e. The van der Waals surface area contributed by atoms with Gasteiger partial charge in [0.05, 0.1) is 34.9 Å². The number of hydrogen-bond acceptors (Lipinski definition) is 5. The van der Waals surface area contributed by atoms with Crippen LogP contribution in [0.4, 0.5) is 0 Å². The van der Waals surface area contributed by atoms with E-state index in [1.54, 1.807) is 24.3 Å². The Morgan fingerprint density at radius 1 is 0.951 bits per heavy atom. The van der Waals surface area contributed by atoms with Gasteiger partial charge in [0.25, 0.3) is 11.8 Å². The predicted molar refractivity (Wildman–Crippen MR) is 159 cm³/mol. The molecule has 0 N–H and O–H groups in total. The summed E-state index contributed by atoms with van der Waals surface area (Å²) in [6.07, 6.45) is 10.3. The summed E-state index contributed by atoms with van der Waals surface area (Å²) < 4.78 is 8.23. The Morgan fingerprint density at radius 3 is 2.41 bits per heavy atom. The van der Waals surface area contributed by atoms with Crippen molar-refractivity contribution in [2.75, 3.05) is 6.61 Å². The first-order valence-corrected chi connectivity index (χ1v) is 13.9. The van der Waals surface area contributed by atoms with E-state index in [0.717, 1.165) is 63.7 Å².